The Morgan fingerprint density at radius 2 is 1.85 bits per heavy atom. The minimum atomic E-state index is -4.14. The Morgan fingerprint density at radius 3 is 2.48 bits per heavy atom. The molecule has 3 rings (SSSR count). The fourth-order valence-corrected chi connectivity index (χ4v) is 4.88. The molecule has 0 aliphatic heterocycles. The molecular weight excluding hydrogens is 535 g/mol. The monoisotopic (exact) mass is 554 g/mol. The number of hydrogen-bond donors (Lipinski definition) is 2. The number of carbonyl (C=O) groups excluding carboxylic acids is 1. The first-order valence-electron chi connectivity index (χ1n) is 9.94. The topological polar surface area (TPSA) is 84.5 Å². The zero-order valence-electron chi connectivity index (χ0n) is 17.5. The first-order valence-corrected chi connectivity index (χ1v) is 12.6. The summed E-state index contributed by atoms with van der Waals surface area (Å²) in [6, 6.07) is 15.9. The lowest BCUT2D eigenvalue weighted by molar-refractivity contribution is -0.117. The van der Waals surface area contributed by atoms with E-state index in [0.717, 1.165) is 5.56 Å². The maximum atomic E-state index is 14.2. The van der Waals surface area contributed by atoms with Gasteiger partial charge in [-0.15, -0.1) is 0 Å². The van der Waals surface area contributed by atoms with Crippen molar-refractivity contribution >= 4 is 49.1 Å². The van der Waals surface area contributed by atoms with Crippen LogP contribution in [0.4, 0.5) is 10.1 Å². The van der Waals surface area contributed by atoms with Gasteiger partial charge in [-0.05, 0) is 55.3 Å². The van der Waals surface area contributed by atoms with Gasteiger partial charge in [0.05, 0.1) is 22.2 Å². The van der Waals surface area contributed by atoms with Gasteiger partial charge in [-0.2, -0.15) is 4.72 Å². The van der Waals surface area contributed by atoms with Crippen LogP contribution in [0.2, 0.25) is 5.02 Å². The number of anilines is 1. The van der Waals surface area contributed by atoms with Crippen LogP contribution in [0.3, 0.4) is 0 Å². The van der Waals surface area contributed by atoms with Crippen molar-refractivity contribution in [2.24, 2.45) is 0 Å². The second-order valence-electron chi connectivity index (χ2n) is 7.00. The van der Waals surface area contributed by atoms with E-state index in [1.54, 1.807) is 37.3 Å². The number of hydrogen-bond acceptors (Lipinski definition) is 4. The van der Waals surface area contributed by atoms with E-state index in [1.807, 2.05) is 6.07 Å². The maximum absolute atomic E-state index is 14.2. The number of amides is 1. The summed E-state index contributed by atoms with van der Waals surface area (Å²) in [6.45, 7) is 2.15. The standard InChI is InChI=1S/C23H21BrClFN2O4S/c1-2-32-22-11-9-17(14-18(22)25)33(30,31)28-21(12-15-6-4-3-5-7-15)23(29)27-20-10-8-16(24)13-19(20)26/h3-11,13-14,21,28H,2,12H2,1H3,(H,27,29). The number of carbonyl (C=O) groups is 1. The number of nitrogens with one attached hydrogen (secondary N) is 2. The summed E-state index contributed by atoms with van der Waals surface area (Å²) in [4.78, 5) is 12.9. The highest BCUT2D eigenvalue weighted by atomic mass is 79.9. The van der Waals surface area contributed by atoms with E-state index >= 15 is 0 Å². The Bertz CT molecular complexity index is 1240. The molecule has 1 atom stereocenters. The molecule has 3 aromatic rings. The van der Waals surface area contributed by atoms with Crippen LogP contribution in [0.1, 0.15) is 12.5 Å². The van der Waals surface area contributed by atoms with Crippen molar-refractivity contribution in [1.82, 2.24) is 4.72 Å². The zero-order chi connectivity index (χ0) is 24.0. The molecule has 0 aliphatic rings. The summed E-state index contributed by atoms with van der Waals surface area (Å²) >= 11 is 9.30. The molecule has 0 heterocycles. The molecule has 0 saturated heterocycles. The molecule has 174 valence electrons. The largest absolute Gasteiger partial charge is 0.492 e. The second-order valence-corrected chi connectivity index (χ2v) is 10.0. The zero-order valence-corrected chi connectivity index (χ0v) is 20.7. The van der Waals surface area contributed by atoms with Gasteiger partial charge < -0.3 is 10.1 Å². The third-order valence-corrected chi connectivity index (χ3v) is 6.86. The van der Waals surface area contributed by atoms with Crippen LogP contribution in [0, 0.1) is 5.82 Å². The van der Waals surface area contributed by atoms with Gasteiger partial charge in [-0.3, -0.25) is 4.79 Å². The molecule has 0 aliphatic carbocycles. The van der Waals surface area contributed by atoms with Crippen LogP contribution in [-0.2, 0) is 21.2 Å². The lowest BCUT2D eigenvalue weighted by atomic mass is 10.1. The minimum absolute atomic E-state index is 0.0504. The summed E-state index contributed by atoms with van der Waals surface area (Å²) in [5, 5.41) is 2.59. The van der Waals surface area contributed by atoms with E-state index in [-0.39, 0.29) is 22.0 Å². The van der Waals surface area contributed by atoms with Crippen LogP contribution in [-0.4, -0.2) is 27.0 Å². The van der Waals surface area contributed by atoms with Gasteiger partial charge in [0.1, 0.15) is 17.6 Å². The predicted molar refractivity (Wildman–Crippen MR) is 130 cm³/mol. The van der Waals surface area contributed by atoms with E-state index in [0.29, 0.717) is 16.8 Å². The Labute approximate surface area is 205 Å². The van der Waals surface area contributed by atoms with Gasteiger partial charge in [0.25, 0.3) is 0 Å². The third-order valence-electron chi connectivity index (χ3n) is 4.60. The molecule has 0 saturated carbocycles. The van der Waals surface area contributed by atoms with Gasteiger partial charge in [0.2, 0.25) is 15.9 Å². The van der Waals surface area contributed by atoms with Gasteiger partial charge in [-0.1, -0.05) is 57.9 Å². The van der Waals surface area contributed by atoms with Crippen LogP contribution in [0.15, 0.2) is 76.1 Å². The molecule has 0 bridgehead atoms. The molecule has 10 heteroatoms. The molecule has 0 fully saturated rings. The maximum Gasteiger partial charge on any atom is 0.242 e. The van der Waals surface area contributed by atoms with Crippen LogP contribution in [0.5, 0.6) is 5.75 Å². The first kappa shape index (κ1) is 25.2. The summed E-state index contributed by atoms with van der Waals surface area (Å²) in [7, 11) is -4.14. The lowest BCUT2D eigenvalue weighted by Gasteiger charge is -2.19. The number of sulfonamides is 1. The summed E-state index contributed by atoms with van der Waals surface area (Å²) < 4.78 is 48.6. The number of rotatable bonds is 9. The molecule has 0 radical (unpaired) electrons. The number of ether oxygens (including phenoxy) is 1. The van der Waals surface area contributed by atoms with E-state index in [1.165, 1.54) is 30.3 Å². The van der Waals surface area contributed by atoms with Gasteiger partial charge >= 0.3 is 0 Å². The quantitative estimate of drug-likeness (QED) is 0.382. The number of benzene rings is 3. The molecule has 33 heavy (non-hydrogen) atoms. The van der Waals surface area contributed by atoms with Crippen LogP contribution >= 0.6 is 27.5 Å². The third kappa shape index (κ3) is 6.77. The van der Waals surface area contributed by atoms with Crippen molar-refractivity contribution in [3.05, 3.63) is 87.6 Å². The fourth-order valence-electron chi connectivity index (χ4n) is 3.02. The smallest absolute Gasteiger partial charge is 0.242 e. The average Bonchev–Trinajstić information content (AvgIpc) is 2.77. The summed E-state index contributed by atoms with van der Waals surface area (Å²) in [5.74, 6) is -1.01. The highest BCUT2D eigenvalue weighted by molar-refractivity contribution is 9.10. The highest BCUT2D eigenvalue weighted by Crippen LogP contribution is 2.27. The number of halogens is 3. The molecule has 0 aromatic heterocycles. The first-order chi connectivity index (χ1) is 15.7. The average molecular weight is 556 g/mol. The van der Waals surface area contributed by atoms with Gasteiger partial charge in [-0.25, -0.2) is 12.8 Å². The van der Waals surface area contributed by atoms with E-state index in [9.17, 15) is 17.6 Å². The predicted octanol–water partition coefficient (Wildman–Crippen LogP) is 5.17. The summed E-state index contributed by atoms with van der Waals surface area (Å²) in [5.41, 5.74) is 0.658. The van der Waals surface area contributed by atoms with Crippen LogP contribution < -0.4 is 14.8 Å². The highest BCUT2D eigenvalue weighted by Gasteiger charge is 2.27. The van der Waals surface area contributed by atoms with E-state index < -0.39 is 27.8 Å². The van der Waals surface area contributed by atoms with Crippen molar-refractivity contribution in [3.63, 3.8) is 0 Å². The molecule has 2 N–H and O–H groups in total. The normalized spacial score (nSPS) is 12.2. The molecule has 1 unspecified atom stereocenters. The summed E-state index contributed by atoms with van der Waals surface area (Å²) in [6.07, 6.45) is 0.0504. The van der Waals surface area contributed by atoms with Crippen molar-refractivity contribution in [2.45, 2.75) is 24.3 Å². The SMILES string of the molecule is CCOc1ccc(S(=O)(=O)NC(Cc2ccccc2)C(=O)Nc2ccc(Br)cc2F)cc1Cl. The van der Waals surface area contributed by atoms with Crippen molar-refractivity contribution < 1.29 is 22.3 Å². The lowest BCUT2D eigenvalue weighted by Crippen LogP contribution is -2.45. The molecular formula is C23H21BrClFN2O4S. The van der Waals surface area contributed by atoms with Crippen molar-refractivity contribution in [2.75, 3.05) is 11.9 Å². The fraction of sp³-hybridized carbons (Fsp3) is 0.174. The Balaban J connectivity index is 1.88. The Morgan fingerprint density at radius 1 is 1.12 bits per heavy atom. The van der Waals surface area contributed by atoms with Crippen LogP contribution in [0.25, 0.3) is 0 Å². The van der Waals surface area contributed by atoms with Crippen molar-refractivity contribution in [1.29, 1.82) is 0 Å². The molecule has 1 amide bonds. The molecule has 6 nitrogen and oxygen atoms in total. The Hall–Kier alpha value is -2.46. The molecule has 0 spiro atoms. The van der Waals surface area contributed by atoms with Crippen molar-refractivity contribution in [3.8, 4) is 5.75 Å². The second kappa shape index (κ2) is 11.1. The molecule has 3 aromatic carbocycles. The van der Waals surface area contributed by atoms with E-state index in [2.05, 4.69) is 26.0 Å². The van der Waals surface area contributed by atoms with Gasteiger partial charge in [0.15, 0.2) is 0 Å². The van der Waals surface area contributed by atoms with E-state index in [4.69, 9.17) is 16.3 Å². The van der Waals surface area contributed by atoms with Gasteiger partial charge in [0, 0.05) is 4.47 Å². The minimum Gasteiger partial charge on any atom is -0.492 e. The Kier molecular flexibility index (Phi) is 8.47.